The van der Waals surface area contributed by atoms with Crippen LogP contribution in [0, 0.1) is 0 Å². The lowest BCUT2D eigenvalue weighted by atomic mass is 10.3. The first-order chi connectivity index (χ1) is 5.46. The lowest BCUT2D eigenvalue weighted by molar-refractivity contribution is 0.0672. The molecule has 3 unspecified atom stereocenters. The first kappa shape index (κ1) is 10.2. The van der Waals surface area contributed by atoms with Gasteiger partial charge in [0.15, 0.2) is 5.85 Å². The van der Waals surface area contributed by atoms with Crippen LogP contribution in [0.15, 0.2) is 0 Å². The Morgan fingerprint density at radius 3 is 2.42 bits per heavy atom. The van der Waals surface area contributed by atoms with Gasteiger partial charge in [-0.3, -0.25) is 4.57 Å². The predicted octanol–water partition coefficient (Wildman–Crippen LogP) is 0.772. The Kier molecular flexibility index (Phi) is 2.94. The van der Waals surface area contributed by atoms with Crippen LogP contribution in [-0.4, -0.2) is 34.4 Å². The molecular weight excluding hydrogens is 179 g/mol. The van der Waals surface area contributed by atoms with Crippen molar-refractivity contribution in [2.45, 2.75) is 38.3 Å². The third-order valence-electron chi connectivity index (χ3n) is 1.87. The number of hydrogen-bond donors (Lipinski definition) is 2. The van der Waals surface area contributed by atoms with Gasteiger partial charge in [0.1, 0.15) is 0 Å². The minimum atomic E-state index is -2.97. The van der Waals surface area contributed by atoms with Crippen molar-refractivity contribution in [3.8, 4) is 0 Å². The molecule has 0 saturated carbocycles. The summed E-state index contributed by atoms with van der Waals surface area (Å²) in [5.74, 6) is -1.18. The molecule has 0 aromatic rings. The van der Waals surface area contributed by atoms with Crippen LogP contribution < -0.4 is 0 Å². The van der Waals surface area contributed by atoms with Crippen LogP contribution in [0.1, 0.15) is 20.3 Å². The Morgan fingerprint density at radius 1 is 1.50 bits per heavy atom. The van der Waals surface area contributed by atoms with Gasteiger partial charge in [-0.15, -0.1) is 0 Å². The van der Waals surface area contributed by atoms with Crippen LogP contribution in [0.5, 0.6) is 0 Å². The van der Waals surface area contributed by atoms with E-state index in [0.717, 1.165) is 0 Å². The van der Waals surface area contributed by atoms with Gasteiger partial charge in [-0.1, -0.05) is 0 Å². The van der Waals surface area contributed by atoms with Crippen LogP contribution in [0.3, 0.4) is 0 Å². The second-order valence-electron chi connectivity index (χ2n) is 3.37. The smallest absolute Gasteiger partial charge is 0.233 e. The van der Waals surface area contributed by atoms with E-state index >= 15 is 0 Å². The maximum Gasteiger partial charge on any atom is 0.233 e. The van der Waals surface area contributed by atoms with Gasteiger partial charge in [0, 0.05) is 6.16 Å². The molecule has 0 bridgehead atoms. The van der Waals surface area contributed by atoms with Crippen molar-refractivity contribution in [2.24, 2.45) is 0 Å². The van der Waals surface area contributed by atoms with E-state index in [4.69, 9.17) is 9.63 Å². The van der Waals surface area contributed by atoms with Crippen molar-refractivity contribution >= 4 is 7.37 Å². The number of aliphatic hydroxyl groups is 2. The minimum Gasteiger partial charge on any atom is -0.390 e. The van der Waals surface area contributed by atoms with E-state index in [9.17, 15) is 9.67 Å². The average Bonchev–Trinajstić information content (AvgIpc) is 2.16. The summed E-state index contributed by atoms with van der Waals surface area (Å²) in [4.78, 5) is 0. The zero-order valence-corrected chi connectivity index (χ0v) is 8.20. The first-order valence-corrected chi connectivity index (χ1v) is 5.97. The molecule has 1 rings (SSSR count). The van der Waals surface area contributed by atoms with Crippen molar-refractivity contribution in [3.63, 3.8) is 0 Å². The zero-order chi connectivity index (χ0) is 9.35. The van der Waals surface area contributed by atoms with Crippen molar-refractivity contribution in [3.05, 3.63) is 0 Å². The third-order valence-corrected chi connectivity index (χ3v) is 4.68. The Bertz CT molecular complexity index is 204. The molecule has 0 aromatic heterocycles. The summed E-state index contributed by atoms with van der Waals surface area (Å²) in [5, 5.41) is 18.5. The van der Waals surface area contributed by atoms with Crippen LogP contribution in [0.25, 0.3) is 0 Å². The highest BCUT2D eigenvalue weighted by Crippen LogP contribution is 2.58. The normalized spacial score (nSPS) is 42.4. The maximum absolute atomic E-state index is 11.7. The number of rotatable bonds is 2. The van der Waals surface area contributed by atoms with E-state index < -0.39 is 19.3 Å². The number of hydrogen-bond acceptors (Lipinski definition) is 4. The standard InChI is InChI=1S/C7H15O4P/c1-5(2)11-12(10)4-3-6(8)7(12)9/h5-9H,3-4H2,1-2H3. The molecule has 1 fully saturated rings. The van der Waals surface area contributed by atoms with Gasteiger partial charge in [0.2, 0.25) is 7.37 Å². The Hall–Kier alpha value is 0.110. The van der Waals surface area contributed by atoms with Gasteiger partial charge in [-0.05, 0) is 20.3 Å². The van der Waals surface area contributed by atoms with Gasteiger partial charge >= 0.3 is 0 Å². The summed E-state index contributed by atoms with van der Waals surface area (Å²) >= 11 is 0. The highest BCUT2D eigenvalue weighted by atomic mass is 31.2. The Morgan fingerprint density at radius 2 is 2.08 bits per heavy atom. The van der Waals surface area contributed by atoms with Crippen molar-refractivity contribution < 1.29 is 19.3 Å². The molecule has 5 heteroatoms. The second kappa shape index (κ2) is 3.46. The van der Waals surface area contributed by atoms with Gasteiger partial charge in [-0.2, -0.15) is 0 Å². The molecule has 0 aliphatic carbocycles. The van der Waals surface area contributed by atoms with Crippen LogP contribution in [0.2, 0.25) is 0 Å². The molecule has 1 aliphatic rings. The largest absolute Gasteiger partial charge is 0.390 e. The molecule has 0 spiro atoms. The van der Waals surface area contributed by atoms with Crippen molar-refractivity contribution in [1.82, 2.24) is 0 Å². The van der Waals surface area contributed by atoms with Crippen LogP contribution in [-0.2, 0) is 9.09 Å². The molecule has 4 nitrogen and oxygen atoms in total. The third kappa shape index (κ3) is 1.88. The molecule has 2 N–H and O–H groups in total. The van der Waals surface area contributed by atoms with Gasteiger partial charge in [0.25, 0.3) is 0 Å². The van der Waals surface area contributed by atoms with E-state index in [2.05, 4.69) is 0 Å². The van der Waals surface area contributed by atoms with E-state index in [1.807, 2.05) is 0 Å². The second-order valence-corrected chi connectivity index (χ2v) is 6.01. The highest BCUT2D eigenvalue weighted by Gasteiger charge is 2.44. The van der Waals surface area contributed by atoms with Gasteiger partial charge in [0.05, 0.1) is 12.2 Å². The fourth-order valence-corrected chi connectivity index (χ4v) is 3.83. The highest BCUT2D eigenvalue weighted by molar-refractivity contribution is 7.59. The van der Waals surface area contributed by atoms with Gasteiger partial charge < -0.3 is 14.7 Å². The summed E-state index contributed by atoms with van der Waals surface area (Å²) in [7, 11) is -2.97. The summed E-state index contributed by atoms with van der Waals surface area (Å²) in [6, 6.07) is 0. The summed E-state index contributed by atoms with van der Waals surface area (Å²) in [6.07, 6.45) is -0.399. The monoisotopic (exact) mass is 194 g/mol. The first-order valence-electron chi connectivity index (χ1n) is 4.09. The van der Waals surface area contributed by atoms with Crippen LogP contribution >= 0.6 is 7.37 Å². The van der Waals surface area contributed by atoms with Crippen molar-refractivity contribution in [2.75, 3.05) is 6.16 Å². The molecule has 0 amide bonds. The van der Waals surface area contributed by atoms with Crippen molar-refractivity contribution in [1.29, 1.82) is 0 Å². The molecule has 12 heavy (non-hydrogen) atoms. The summed E-state index contributed by atoms with van der Waals surface area (Å²) in [6.45, 7) is 3.52. The fourth-order valence-electron chi connectivity index (χ4n) is 1.33. The van der Waals surface area contributed by atoms with E-state index in [-0.39, 0.29) is 12.3 Å². The van der Waals surface area contributed by atoms with E-state index in [1.165, 1.54) is 0 Å². The summed E-state index contributed by atoms with van der Waals surface area (Å²) < 4.78 is 16.9. The van der Waals surface area contributed by atoms with Gasteiger partial charge in [-0.25, -0.2) is 0 Å². The number of aliphatic hydroxyl groups excluding tert-OH is 2. The Balaban J connectivity index is 2.66. The molecule has 72 valence electrons. The molecular formula is C7H15O4P. The minimum absolute atomic E-state index is 0.171. The quantitative estimate of drug-likeness (QED) is 0.637. The topological polar surface area (TPSA) is 66.8 Å². The fraction of sp³-hybridized carbons (Fsp3) is 1.00. The molecule has 0 aromatic carbocycles. The average molecular weight is 194 g/mol. The molecule has 1 saturated heterocycles. The Labute approximate surface area is 72.0 Å². The SMILES string of the molecule is CC(C)OP1(=O)CCC(O)C1O. The lowest BCUT2D eigenvalue weighted by Gasteiger charge is -2.19. The lowest BCUT2D eigenvalue weighted by Crippen LogP contribution is -2.19. The maximum atomic E-state index is 11.7. The van der Waals surface area contributed by atoms with E-state index in [0.29, 0.717) is 6.42 Å². The van der Waals surface area contributed by atoms with E-state index in [1.54, 1.807) is 13.8 Å². The molecule has 1 aliphatic heterocycles. The molecule has 0 radical (unpaired) electrons. The summed E-state index contributed by atoms with van der Waals surface area (Å²) in [5.41, 5.74) is 0. The zero-order valence-electron chi connectivity index (χ0n) is 7.30. The molecule has 3 atom stereocenters. The predicted molar refractivity (Wildman–Crippen MR) is 45.3 cm³/mol. The van der Waals surface area contributed by atoms with Crippen LogP contribution in [0.4, 0.5) is 0 Å². The molecule has 1 heterocycles.